The Balaban J connectivity index is 1.67. The van der Waals surface area contributed by atoms with Crippen LogP contribution in [0, 0.1) is 0 Å². The van der Waals surface area contributed by atoms with Crippen molar-refractivity contribution < 1.29 is 31.8 Å². The number of aliphatic carboxylic acids is 1. The van der Waals surface area contributed by atoms with Crippen LogP contribution in [0.1, 0.15) is 49.5 Å². The van der Waals surface area contributed by atoms with E-state index < -0.39 is 34.7 Å². The third-order valence-electron chi connectivity index (χ3n) is 6.47. The van der Waals surface area contributed by atoms with E-state index in [4.69, 9.17) is 0 Å². The quantitative estimate of drug-likeness (QED) is 0.494. The molecule has 35 heavy (non-hydrogen) atoms. The predicted octanol–water partition coefficient (Wildman–Crippen LogP) is 5.04. The zero-order valence-electron chi connectivity index (χ0n) is 19.2. The van der Waals surface area contributed by atoms with E-state index in [1.807, 2.05) is 38.1 Å². The molecule has 1 N–H and O–H groups in total. The molecule has 1 fully saturated rings. The fourth-order valence-corrected chi connectivity index (χ4v) is 7.61. The number of benzene rings is 2. The van der Waals surface area contributed by atoms with Crippen LogP contribution in [0.5, 0.6) is 5.75 Å². The molecule has 2 aromatic rings. The molecule has 1 aliphatic heterocycles. The lowest BCUT2D eigenvalue weighted by molar-refractivity contribution is -0.139. The zero-order valence-corrected chi connectivity index (χ0v) is 20.9. The number of thioether (sulfide) groups is 1. The van der Waals surface area contributed by atoms with Crippen LogP contribution < -0.4 is 4.74 Å². The van der Waals surface area contributed by atoms with Crippen molar-refractivity contribution in [3.63, 3.8) is 0 Å². The molecule has 2 atom stereocenters. The van der Waals surface area contributed by atoms with Crippen molar-refractivity contribution in [2.75, 3.05) is 6.54 Å². The normalized spacial score (nSPS) is 21.6. The first-order valence-corrected chi connectivity index (χ1v) is 13.5. The summed E-state index contributed by atoms with van der Waals surface area (Å²) in [6, 6.07) is 12.4. The van der Waals surface area contributed by atoms with Gasteiger partial charge in [-0.25, -0.2) is 8.42 Å². The topological polar surface area (TPSA) is 96.3 Å². The van der Waals surface area contributed by atoms with Crippen LogP contribution >= 0.6 is 11.8 Å². The summed E-state index contributed by atoms with van der Waals surface area (Å²) in [7, 11) is -4.26. The van der Waals surface area contributed by atoms with Crippen molar-refractivity contribution in [1.29, 1.82) is 0 Å². The van der Waals surface area contributed by atoms with Crippen molar-refractivity contribution in [2.45, 2.75) is 61.4 Å². The van der Waals surface area contributed by atoms with Crippen molar-refractivity contribution >= 4 is 32.8 Å². The van der Waals surface area contributed by atoms with Gasteiger partial charge >= 0.3 is 12.6 Å². The minimum absolute atomic E-state index is 0.129. The monoisotopic (exact) mass is 524 g/mol. The van der Waals surface area contributed by atoms with E-state index in [9.17, 15) is 27.1 Å². The maximum Gasteiger partial charge on any atom is 0.387 e. The zero-order chi connectivity index (χ0) is 25.4. The number of carbonyl (C=O) groups is 1. The van der Waals surface area contributed by atoms with E-state index >= 15 is 0 Å². The molecule has 11 heteroatoms. The Morgan fingerprint density at radius 3 is 2.29 bits per heavy atom. The molecular formula is C24H26F2N2O5S2. The van der Waals surface area contributed by atoms with Gasteiger partial charge in [0.05, 0.1) is 26.8 Å². The Bertz CT molecular complexity index is 1210. The second kappa shape index (κ2) is 9.87. The van der Waals surface area contributed by atoms with Gasteiger partial charge in [-0.15, -0.1) is 11.8 Å². The molecule has 4 rings (SSSR count). The Hall–Kier alpha value is -2.50. The standard InChI is InChI=1S/C24H26F2N2O5S2/c1-15-22(34-16(2)27-15)17-4-6-18(7-5-17)24(12-3-13-24)28(14-21(29)30)35(31,32)20-10-8-19(9-11-20)33-23(25)26/h4-11,15,22-23H,3,12-14H2,1-2H3,(H,29,30). The molecule has 2 aromatic carbocycles. The second-order valence-electron chi connectivity index (χ2n) is 8.69. The number of hydrogen-bond acceptors (Lipinski definition) is 6. The summed E-state index contributed by atoms with van der Waals surface area (Å²) < 4.78 is 57.5. The third-order valence-corrected chi connectivity index (χ3v) is 9.76. The van der Waals surface area contributed by atoms with Crippen molar-refractivity contribution in [3.8, 4) is 5.75 Å². The van der Waals surface area contributed by atoms with Crippen molar-refractivity contribution in [1.82, 2.24) is 4.31 Å². The maximum absolute atomic E-state index is 13.6. The number of halogens is 2. The number of hydrogen-bond donors (Lipinski definition) is 1. The first-order chi connectivity index (χ1) is 16.5. The summed E-state index contributed by atoms with van der Waals surface area (Å²) in [6.45, 7) is 0.263. The Labute approximate surface area is 207 Å². The SMILES string of the molecule is CC1=NC(C)C(c2ccc(C3(N(CC(=O)O)S(=O)(=O)c4ccc(OC(F)F)cc4)CCC3)cc2)S1. The second-order valence-corrected chi connectivity index (χ2v) is 11.9. The lowest BCUT2D eigenvalue weighted by atomic mass is 9.71. The Morgan fingerprint density at radius 1 is 1.20 bits per heavy atom. The molecule has 1 heterocycles. The van der Waals surface area contributed by atoms with Crippen LogP contribution in [0.25, 0.3) is 0 Å². The highest BCUT2D eigenvalue weighted by Crippen LogP contribution is 2.49. The van der Waals surface area contributed by atoms with Gasteiger partial charge in [0.2, 0.25) is 10.0 Å². The molecule has 0 radical (unpaired) electrons. The van der Waals surface area contributed by atoms with E-state index in [1.54, 1.807) is 11.8 Å². The predicted molar refractivity (Wildman–Crippen MR) is 129 cm³/mol. The van der Waals surface area contributed by atoms with Crippen molar-refractivity contribution in [3.05, 3.63) is 59.7 Å². The van der Waals surface area contributed by atoms with Gasteiger partial charge < -0.3 is 9.84 Å². The van der Waals surface area contributed by atoms with Gasteiger partial charge in [0, 0.05) is 0 Å². The summed E-state index contributed by atoms with van der Waals surface area (Å²) in [6.07, 6.45) is 1.70. The summed E-state index contributed by atoms with van der Waals surface area (Å²) in [5.74, 6) is -1.46. The molecule has 2 aliphatic rings. The largest absolute Gasteiger partial charge is 0.480 e. The number of nitrogens with zero attached hydrogens (tertiary/aromatic N) is 2. The maximum atomic E-state index is 13.6. The van der Waals surface area contributed by atoms with Crippen LogP contribution in [0.4, 0.5) is 8.78 Å². The lowest BCUT2D eigenvalue weighted by Gasteiger charge is -2.49. The van der Waals surface area contributed by atoms with Crippen LogP contribution in [-0.2, 0) is 20.4 Å². The van der Waals surface area contributed by atoms with Gasteiger partial charge in [-0.2, -0.15) is 13.1 Å². The number of ether oxygens (including phenoxy) is 1. The first kappa shape index (κ1) is 25.6. The van der Waals surface area contributed by atoms with E-state index in [1.165, 1.54) is 0 Å². The van der Waals surface area contributed by atoms with Gasteiger partial charge in [-0.3, -0.25) is 9.79 Å². The molecule has 1 saturated carbocycles. The van der Waals surface area contributed by atoms with Crippen LogP contribution in [0.3, 0.4) is 0 Å². The van der Waals surface area contributed by atoms with Crippen molar-refractivity contribution in [2.24, 2.45) is 4.99 Å². The average Bonchev–Trinajstić information content (AvgIpc) is 3.10. The number of carboxylic acids is 1. The highest BCUT2D eigenvalue weighted by molar-refractivity contribution is 8.14. The van der Waals surface area contributed by atoms with Gasteiger partial charge in [-0.05, 0) is 68.5 Å². The molecule has 0 aromatic heterocycles. The number of rotatable bonds is 9. The Kier molecular flexibility index (Phi) is 7.21. The van der Waals surface area contributed by atoms with E-state index in [-0.39, 0.29) is 21.9 Å². The van der Waals surface area contributed by atoms with Gasteiger partial charge in [0.1, 0.15) is 12.3 Å². The fraction of sp³-hybridized carbons (Fsp3) is 0.417. The summed E-state index contributed by atoms with van der Waals surface area (Å²) in [5.41, 5.74) is 0.793. The smallest absolute Gasteiger partial charge is 0.387 e. The van der Waals surface area contributed by atoms with Gasteiger partial charge in [0.25, 0.3) is 0 Å². The molecule has 0 saturated heterocycles. The average molecular weight is 525 g/mol. The minimum atomic E-state index is -4.26. The van der Waals surface area contributed by atoms with Gasteiger partial charge in [0.15, 0.2) is 0 Å². The first-order valence-electron chi connectivity index (χ1n) is 11.1. The minimum Gasteiger partial charge on any atom is -0.480 e. The molecule has 0 bridgehead atoms. The summed E-state index contributed by atoms with van der Waals surface area (Å²) >= 11 is 1.69. The number of sulfonamides is 1. The molecule has 0 amide bonds. The van der Waals surface area contributed by atoms with Gasteiger partial charge in [-0.1, -0.05) is 24.3 Å². The van der Waals surface area contributed by atoms with E-state index in [0.29, 0.717) is 12.8 Å². The summed E-state index contributed by atoms with van der Waals surface area (Å²) in [5, 5.41) is 10.8. The number of alkyl halides is 2. The molecule has 2 unspecified atom stereocenters. The number of carboxylic acid groups (broad SMARTS) is 1. The lowest BCUT2D eigenvalue weighted by Crippen LogP contribution is -2.55. The molecular weight excluding hydrogens is 498 g/mol. The highest BCUT2D eigenvalue weighted by atomic mass is 32.2. The summed E-state index contributed by atoms with van der Waals surface area (Å²) in [4.78, 5) is 16.1. The Morgan fingerprint density at radius 2 is 1.83 bits per heavy atom. The highest BCUT2D eigenvalue weighted by Gasteiger charge is 2.50. The fourth-order valence-electron chi connectivity index (χ4n) is 4.70. The van der Waals surface area contributed by atoms with Crippen LogP contribution in [0.2, 0.25) is 0 Å². The van der Waals surface area contributed by atoms with Crippen LogP contribution in [0.15, 0.2) is 58.4 Å². The molecule has 7 nitrogen and oxygen atoms in total. The molecule has 188 valence electrons. The van der Waals surface area contributed by atoms with E-state index in [0.717, 1.165) is 51.2 Å². The molecule has 0 spiro atoms. The van der Waals surface area contributed by atoms with E-state index in [2.05, 4.69) is 9.73 Å². The molecule has 1 aliphatic carbocycles. The van der Waals surface area contributed by atoms with Crippen LogP contribution in [-0.4, -0.2) is 48.0 Å². The third kappa shape index (κ3) is 5.07. The number of aliphatic imine (C=N–C) groups is 1.